The van der Waals surface area contributed by atoms with Gasteiger partial charge in [0.05, 0.1) is 5.01 Å². The lowest BCUT2D eigenvalue weighted by atomic mass is 10.3. The van der Waals surface area contributed by atoms with Crippen LogP contribution in [0, 0.1) is 6.92 Å². The molecule has 0 amide bonds. The molecule has 130 valence electrons. The highest BCUT2D eigenvalue weighted by Gasteiger charge is 2.15. The van der Waals surface area contributed by atoms with Crippen molar-refractivity contribution in [3.63, 3.8) is 0 Å². The Morgan fingerprint density at radius 3 is 2.58 bits per heavy atom. The van der Waals surface area contributed by atoms with E-state index in [1.54, 1.807) is 11.3 Å². The lowest BCUT2D eigenvalue weighted by Gasteiger charge is -2.32. The van der Waals surface area contributed by atoms with Gasteiger partial charge in [0.15, 0.2) is 0 Å². The minimum atomic E-state index is 0.819. The number of hydrogen-bond donors (Lipinski definition) is 1. The lowest BCUT2D eigenvalue weighted by Crippen LogP contribution is -2.45. The van der Waals surface area contributed by atoms with E-state index < -0.39 is 0 Å². The molecule has 0 aliphatic carbocycles. The van der Waals surface area contributed by atoms with Gasteiger partial charge in [0.1, 0.15) is 0 Å². The Morgan fingerprint density at radius 2 is 1.92 bits per heavy atom. The molecule has 7 heteroatoms. The first-order valence-electron chi connectivity index (χ1n) is 8.57. The first-order valence-corrected chi connectivity index (χ1v) is 9.45. The molecule has 24 heavy (non-hydrogen) atoms. The largest absolute Gasteiger partial charge is 0.338 e. The fourth-order valence-electron chi connectivity index (χ4n) is 2.72. The molecule has 0 unspecified atom stereocenters. The van der Waals surface area contributed by atoms with Gasteiger partial charge >= 0.3 is 0 Å². The topological polar surface area (TPSA) is 57.2 Å². The summed E-state index contributed by atoms with van der Waals surface area (Å²) in [5.41, 5.74) is 2.26. The molecule has 1 aliphatic rings. The Kier molecular flexibility index (Phi) is 6.12. The van der Waals surface area contributed by atoms with E-state index >= 15 is 0 Å². The first-order chi connectivity index (χ1) is 11.7. The number of nitrogens with one attached hydrogen (secondary N) is 1. The molecule has 3 heterocycles. The molecule has 1 fully saturated rings. The van der Waals surface area contributed by atoms with Gasteiger partial charge in [-0.15, -0.1) is 11.3 Å². The summed E-state index contributed by atoms with van der Waals surface area (Å²) in [6, 6.07) is 0. The average Bonchev–Trinajstić information content (AvgIpc) is 3.01. The molecule has 2 aromatic heterocycles. The molecule has 2 aromatic rings. The molecular formula is C17H26N6S. The molecule has 0 spiro atoms. The van der Waals surface area contributed by atoms with Crippen molar-refractivity contribution in [1.29, 1.82) is 0 Å². The number of aryl methyl sites for hydroxylation is 2. The van der Waals surface area contributed by atoms with Crippen molar-refractivity contribution >= 4 is 17.3 Å². The maximum Gasteiger partial charge on any atom is 0.225 e. The van der Waals surface area contributed by atoms with Crippen LogP contribution < -0.4 is 10.2 Å². The van der Waals surface area contributed by atoms with Crippen LogP contribution in [0.3, 0.4) is 0 Å². The highest BCUT2D eigenvalue weighted by molar-refractivity contribution is 7.09. The maximum absolute atomic E-state index is 4.52. The van der Waals surface area contributed by atoms with E-state index in [0.717, 1.165) is 69.3 Å². The Balaban J connectivity index is 1.37. The molecule has 1 saturated heterocycles. The van der Waals surface area contributed by atoms with E-state index in [1.165, 1.54) is 5.01 Å². The van der Waals surface area contributed by atoms with Gasteiger partial charge in [-0.25, -0.2) is 15.0 Å². The summed E-state index contributed by atoms with van der Waals surface area (Å²) in [5, 5.41) is 6.80. The van der Waals surface area contributed by atoms with E-state index in [0.29, 0.717) is 0 Å². The van der Waals surface area contributed by atoms with Gasteiger partial charge in [0.25, 0.3) is 0 Å². The standard InChI is InChI=1S/C17H26N6S/c1-14-13-24-16(21-14)4-3-5-18-10-15-11-19-17(20-12-15)23-8-6-22(2)7-9-23/h11-13,18H,3-10H2,1-2H3. The predicted octanol–water partition coefficient (Wildman–Crippen LogP) is 1.72. The van der Waals surface area contributed by atoms with Crippen molar-refractivity contribution in [3.05, 3.63) is 34.0 Å². The fraction of sp³-hybridized carbons (Fsp3) is 0.588. The van der Waals surface area contributed by atoms with Gasteiger partial charge < -0.3 is 15.1 Å². The van der Waals surface area contributed by atoms with Crippen molar-refractivity contribution in [2.75, 3.05) is 44.7 Å². The van der Waals surface area contributed by atoms with Crippen LogP contribution in [0.5, 0.6) is 0 Å². The van der Waals surface area contributed by atoms with Crippen LogP contribution in [0.1, 0.15) is 22.7 Å². The summed E-state index contributed by atoms with van der Waals surface area (Å²) in [4.78, 5) is 18.1. The maximum atomic E-state index is 4.52. The number of piperazine rings is 1. The van der Waals surface area contributed by atoms with E-state index in [-0.39, 0.29) is 0 Å². The van der Waals surface area contributed by atoms with Crippen molar-refractivity contribution < 1.29 is 0 Å². The van der Waals surface area contributed by atoms with Crippen LogP contribution >= 0.6 is 11.3 Å². The summed E-state index contributed by atoms with van der Waals surface area (Å²) in [5.74, 6) is 0.853. The summed E-state index contributed by atoms with van der Waals surface area (Å²) in [6.07, 6.45) is 6.03. The summed E-state index contributed by atoms with van der Waals surface area (Å²) >= 11 is 1.75. The molecule has 0 atom stereocenters. The molecule has 0 aromatic carbocycles. The van der Waals surface area contributed by atoms with E-state index in [9.17, 15) is 0 Å². The number of aromatic nitrogens is 3. The predicted molar refractivity (Wildman–Crippen MR) is 98.6 cm³/mol. The van der Waals surface area contributed by atoms with Gasteiger partial charge in [-0.2, -0.15) is 0 Å². The lowest BCUT2D eigenvalue weighted by molar-refractivity contribution is 0.311. The Hall–Kier alpha value is -1.57. The second kappa shape index (κ2) is 8.50. The zero-order valence-electron chi connectivity index (χ0n) is 14.5. The van der Waals surface area contributed by atoms with Crippen molar-refractivity contribution in [2.45, 2.75) is 26.3 Å². The molecular weight excluding hydrogens is 320 g/mol. The van der Waals surface area contributed by atoms with Crippen molar-refractivity contribution in [2.24, 2.45) is 0 Å². The highest BCUT2D eigenvalue weighted by Crippen LogP contribution is 2.11. The fourth-order valence-corrected chi connectivity index (χ4v) is 3.54. The van der Waals surface area contributed by atoms with Gasteiger partial charge in [-0.3, -0.25) is 0 Å². The molecule has 6 nitrogen and oxygen atoms in total. The normalized spacial score (nSPS) is 15.8. The zero-order valence-corrected chi connectivity index (χ0v) is 15.3. The van der Waals surface area contributed by atoms with Crippen LogP contribution in [0.2, 0.25) is 0 Å². The van der Waals surface area contributed by atoms with Crippen LogP contribution in [0.4, 0.5) is 5.95 Å². The zero-order chi connectivity index (χ0) is 16.8. The molecule has 0 bridgehead atoms. The third-order valence-electron chi connectivity index (χ3n) is 4.22. The molecule has 0 radical (unpaired) electrons. The third kappa shape index (κ3) is 4.96. The number of thiazole rings is 1. The van der Waals surface area contributed by atoms with Crippen LogP contribution in [0.15, 0.2) is 17.8 Å². The summed E-state index contributed by atoms with van der Waals surface area (Å²) < 4.78 is 0. The number of nitrogens with zero attached hydrogens (tertiary/aromatic N) is 5. The van der Waals surface area contributed by atoms with Crippen LogP contribution in [-0.2, 0) is 13.0 Å². The summed E-state index contributed by atoms with van der Waals surface area (Å²) in [6.45, 7) is 8.01. The van der Waals surface area contributed by atoms with Crippen molar-refractivity contribution in [3.8, 4) is 0 Å². The smallest absolute Gasteiger partial charge is 0.225 e. The minimum absolute atomic E-state index is 0.819. The number of hydrogen-bond acceptors (Lipinski definition) is 7. The average molecular weight is 347 g/mol. The highest BCUT2D eigenvalue weighted by atomic mass is 32.1. The SMILES string of the molecule is Cc1csc(CCCNCc2cnc(N3CCN(C)CC3)nc2)n1. The monoisotopic (exact) mass is 346 g/mol. The molecule has 1 N–H and O–H groups in total. The first kappa shape index (κ1) is 17.3. The summed E-state index contributed by atoms with van der Waals surface area (Å²) in [7, 11) is 2.16. The van der Waals surface area contributed by atoms with Gasteiger partial charge in [0, 0.05) is 68.2 Å². The van der Waals surface area contributed by atoms with Crippen molar-refractivity contribution in [1.82, 2.24) is 25.2 Å². The van der Waals surface area contributed by atoms with Gasteiger partial charge in [-0.05, 0) is 26.9 Å². The third-order valence-corrected chi connectivity index (χ3v) is 5.24. The number of anilines is 1. The second-order valence-corrected chi connectivity index (χ2v) is 7.29. The van der Waals surface area contributed by atoms with Crippen LogP contribution in [0.25, 0.3) is 0 Å². The van der Waals surface area contributed by atoms with E-state index in [2.05, 4.69) is 42.5 Å². The minimum Gasteiger partial charge on any atom is -0.338 e. The number of likely N-dealkylation sites (N-methyl/N-ethyl adjacent to an activating group) is 1. The number of rotatable bonds is 7. The van der Waals surface area contributed by atoms with Gasteiger partial charge in [0.2, 0.25) is 5.95 Å². The van der Waals surface area contributed by atoms with Crippen LogP contribution in [-0.4, -0.2) is 59.6 Å². The molecule has 1 aliphatic heterocycles. The quantitative estimate of drug-likeness (QED) is 0.771. The Bertz CT molecular complexity index is 618. The molecule has 3 rings (SSSR count). The Morgan fingerprint density at radius 1 is 1.17 bits per heavy atom. The molecule has 0 saturated carbocycles. The second-order valence-electron chi connectivity index (χ2n) is 6.34. The Labute approximate surface area is 148 Å². The van der Waals surface area contributed by atoms with E-state index in [4.69, 9.17) is 0 Å². The van der Waals surface area contributed by atoms with Gasteiger partial charge in [-0.1, -0.05) is 0 Å². The van der Waals surface area contributed by atoms with E-state index in [1.807, 2.05) is 19.3 Å².